The maximum absolute atomic E-state index is 7.36. The van der Waals surface area contributed by atoms with Crippen LogP contribution in [0.15, 0.2) is 10.1 Å². The van der Waals surface area contributed by atoms with Crippen LogP contribution in [0, 0.1) is 0 Å². The van der Waals surface area contributed by atoms with Gasteiger partial charge in [-0.25, -0.2) is 15.0 Å². The summed E-state index contributed by atoms with van der Waals surface area (Å²) < 4.78 is 32.7. The predicted molar refractivity (Wildman–Crippen MR) is 88.8 cm³/mol. The predicted octanol–water partition coefficient (Wildman–Crippen LogP) is 1.55. The Morgan fingerprint density at radius 3 is 2.86 bits per heavy atom. The van der Waals surface area contributed by atoms with Crippen molar-refractivity contribution in [3.05, 3.63) is 0 Å². The van der Waals surface area contributed by atoms with E-state index < -0.39 is 13.3 Å². The molecule has 0 bridgehead atoms. The van der Waals surface area contributed by atoms with Crippen LogP contribution in [-0.2, 0) is 9.47 Å². The Morgan fingerprint density at radius 2 is 2.18 bits per heavy atom. The van der Waals surface area contributed by atoms with Gasteiger partial charge in [0.25, 0.3) is 0 Å². The zero-order valence-corrected chi connectivity index (χ0v) is 13.5. The smallest absolute Gasteiger partial charge is 0.191 e. The summed E-state index contributed by atoms with van der Waals surface area (Å²) in [5.41, 5.74) is 0.645. The minimum absolute atomic E-state index is 0.535. The number of hydrogen-bond acceptors (Lipinski definition) is 8. The standard InChI is InChI=1S/C14H21N5O2S/c1-4-19-10(20-2)9-15-11-12(18-5-7-21-8-6-18)16-14(22-3)17-13(11)19/h9-10H,4-8H2,1-3H3/i2D3. The molecule has 2 aliphatic heterocycles. The highest BCUT2D eigenvalue weighted by molar-refractivity contribution is 7.98. The molecule has 1 aromatic rings. The molecule has 0 radical (unpaired) electrons. The number of methoxy groups -OCH3 is 1. The maximum Gasteiger partial charge on any atom is 0.191 e. The molecule has 1 atom stereocenters. The Hall–Kier alpha value is -1.38. The van der Waals surface area contributed by atoms with Crippen LogP contribution in [0.25, 0.3) is 0 Å². The fraction of sp³-hybridized carbons (Fsp3) is 0.643. The van der Waals surface area contributed by atoms with Gasteiger partial charge in [-0.05, 0) is 13.2 Å². The van der Waals surface area contributed by atoms with E-state index in [1.165, 1.54) is 18.0 Å². The normalized spacial score (nSPS) is 23.7. The molecule has 2 aliphatic rings. The van der Waals surface area contributed by atoms with Gasteiger partial charge in [0.2, 0.25) is 0 Å². The summed E-state index contributed by atoms with van der Waals surface area (Å²) in [7, 11) is -2.51. The second kappa shape index (κ2) is 6.80. The third-order valence-electron chi connectivity index (χ3n) is 3.69. The first-order valence-electron chi connectivity index (χ1n) is 8.70. The Kier molecular flexibility index (Phi) is 3.74. The fourth-order valence-corrected chi connectivity index (χ4v) is 2.93. The van der Waals surface area contributed by atoms with Crippen LogP contribution in [0.5, 0.6) is 0 Å². The van der Waals surface area contributed by atoms with E-state index in [1.54, 1.807) is 4.90 Å². The summed E-state index contributed by atoms with van der Waals surface area (Å²) in [6.07, 6.45) is 2.63. The highest BCUT2D eigenvalue weighted by atomic mass is 32.2. The van der Waals surface area contributed by atoms with Crippen molar-refractivity contribution in [1.29, 1.82) is 0 Å². The zero-order valence-electron chi connectivity index (χ0n) is 15.7. The molecule has 3 heterocycles. The topological polar surface area (TPSA) is 63.1 Å². The van der Waals surface area contributed by atoms with E-state index in [0.29, 0.717) is 36.4 Å². The minimum Gasteiger partial charge on any atom is -0.378 e. The highest BCUT2D eigenvalue weighted by Crippen LogP contribution is 2.40. The van der Waals surface area contributed by atoms with Crippen molar-refractivity contribution >= 4 is 35.3 Å². The molecule has 0 aliphatic carbocycles. The van der Waals surface area contributed by atoms with E-state index in [4.69, 9.17) is 13.6 Å². The lowest BCUT2D eigenvalue weighted by Gasteiger charge is -2.35. The van der Waals surface area contributed by atoms with E-state index in [9.17, 15) is 0 Å². The van der Waals surface area contributed by atoms with Crippen molar-refractivity contribution in [1.82, 2.24) is 9.97 Å². The van der Waals surface area contributed by atoms with Crippen molar-refractivity contribution in [2.45, 2.75) is 18.3 Å². The highest BCUT2D eigenvalue weighted by Gasteiger charge is 2.29. The number of aromatic nitrogens is 2. The molecule has 7 nitrogen and oxygen atoms in total. The summed E-state index contributed by atoms with van der Waals surface area (Å²) in [5, 5.41) is 0.614. The molecular weight excluding hydrogens is 302 g/mol. The van der Waals surface area contributed by atoms with Crippen LogP contribution in [0.1, 0.15) is 11.0 Å². The molecule has 22 heavy (non-hydrogen) atoms. The van der Waals surface area contributed by atoms with Crippen LogP contribution >= 0.6 is 11.8 Å². The number of aliphatic imine (C=N–C) groups is 1. The molecule has 0 aromatic carbocycles. The molecule has 120 valence electrons. The largest absolute Gasteiger partial charge is 0.378 e. The van der Waals surface area contributed by atoms with Crippen molar-refractivity contribution in [3.63, 3.8) is 0 Å². The Bertz CT molecular complexity index is 652. The molecule has 0 N–H and O–H groups in total. The van der Waals surface area contributed by atoms with E-state index in [1.807, 2.05) is 13.2 Å². The van der Waals surface area contributed by atoms with Crippen LogP contribution in [-0.4, -0.2) is 68.6 Å². The van der Waals surface area contributed by atoms with Gasteiger partial charge in [-0.2, -0.15) is 0 Å². The molecule has 1 aromatic heterocycles. The van der Waals surface area contributed by atoms with E-state index in [2.05, 4.69) is 19.9 Å². The van der Waals surface area contributed by atoms with Gasteiger partial charge < -0.3 is 19.3 Å². The molecule has 1 fully saturated rings. The van der Waals surface area contributed by atoms with Crippen molar-refractivity contribution < 1.29 is 13.6 Å². The van der Waals surface area contributed by atoms with Gasteiger partial charge in [0.15, 0.2) is 23.0 Å². The van der Waals surface area contributed by atoms with Crippen LogP contribution < -0.4 is 9.80 Å². The number of morpholine rings is 1. The van der Waals surface area contributed by atoms with Gasteiger partial charge in [-0.1, -0.05) is 11.8 Å². The number of thioether (sulfide) groups is 1. The summed E-state index contributed by atoms with van der Waals surface area (Å²) in [6.45, 7) is 5.20. The molecule has 0 spiro atoms. The van der Waals surface area contributed by atoms with E-state index in [-0.39, 0.29) is 0 Å². The van der Waals surface area contributed by atoms with Gasteiger partial charge in [0, 0.05) is 26.7 Å². The monoisotopic (exact) mass is 326 g/mol. The number of rotatable bonds is 4. The quantitative estimate of drug-likeness (QED) is 0.614. The van der Waals surface area contributed by atoms with Gasteiger partial charge in [0.1, 0.15) is 5.69 Å². The maximum atomic E-state index is 7.36. The van der Waals surface area contributed by atoms with Crippen LogP contribution in [0.3, 0.4) is 0 Å². The van der Waals surface area contributed by atoms with Crippen molar-refractivity contribution in [2.24, 2.45) is 4.99 Å². The molecular formula is C14H21N5O2S. The third kappa shape index (κ3) is 2.78. The lowest BCUT2D eigenvalue weighted by Crippen LogP contribution is -2.41. The molecule has 0 amide bonds. The minimum atomic E-state index is -2.51. The van der Waals surface area contributed by atoms with Gasteiger partial charge >= 0.3 is 0 Å². The average Bonchev–Trinajstić information content (AvgIpc) is 2.60. The first kappa shape index (κ1) is 12.1. The number of fused-ring (bicyclic) bond motifs is 1. The van der Waals surface area contributed by atoms with Crippen LogP contribution in [0.2, 0.25) is 0 Å². The Morgan fingerprint density at radius 1 is 1.41 bits per heavy atom. The molecule has 0 saturated carbocycles. The lowest BCUT2D eigenvalue weighted by atomic mass is 10.3. The zero-order chi connectivity index (χ0) is 18.0. The third-order valence-corrected chi connectivity index (χ3v) is 4.24. The number of ether oxygens (including phenoxy) is 2. The van der Waals surface area contributed by atoms with E-state index in [0.717, 1.165) is 18.9 Å². The number of anilines is 2. The molecule has 3 rings (SSSR count). The number of hydrogen-bond donors (Lipinski definition) is 0. The molecule has 8 heteroatoms. The van der Waals surface area contributed by atoms with Gasteiger partial charge in [-0.3, -0.25) is 0 Å². The number of nitrogens with zero attached hydrogens (tertiary/aromatic N) is 5. The van der Waals surface area contributed by atoms with Crippen molar-refractivity contribution in [3.8, 4) is 0 Å². The SMILES string of the molecule is [2H]C([2H])([2H])OC1C=Nc2c(N3CCOCC3)nc(SC)nc2N1CC. The van der Waals surface area contributed by atoms with Gasteiger partial charge in [0.05, 0.1) is 23.5 Å². The molecule has 1 saturated heterocycles. The van der Waals surface area contributed by atoms with E-state index >= 15 is 0 Å². The second-order valence-electron chi connectivity index (χ2n) is 4.88. The summed E-state index contributed by atoms with van der Waals surface area (Å²) >= 11 is 1.44. The Labute approximate surface area is 138 Å². The average molecular weight is 326 g/mol. The second-order valence-corrected chi connectivity index (χ2v) is 5.65. The fourth-order valence-electron chi connectivity index (χ4n) is 2.58. The first-order chi connectivity index (χ1) is 11.9. The van der Waals surface area contributed by atoms with Crippen molar-refractivity contribution in [2.75, 3.05) is 55.9 Å². The Balaban J connectivity index is 2.02. The first-order valence-corrected chi connectivity index (χ1v) is 8.43. The summed E-state index contributed by atoms with van der Waals surface area (Å²) in [4.78, 5) is 17.6. The van der Waals surface area contributed by atoms with Gasteiger partial charge in [-0.15, -0.1) is 0 Å². The lowest BCUT2D eigenvalue weighted by molar-refractivity contribution is 0.122. The molecule has 1 unspecified atom stereocenters. The summed E-state index contributed by atoms with van der Waals surface area (Å²) in [5.74, 6) is 1.35. The summed E-state index contributed by atoms with van der Waals surface area (Å²) in [6, 6.07) is 0. The van der Waals surface area contributed by atoms with Crippen LogP contribution in [0.4, 0.5) is 17.3 Å².